The van der Waals surface area contributed by atoms with Gasteiger partial charge in [-0.1, -0.05) is 12.0 Å². The monoisotopic (exact) mass is 351 g/mol. The molecule has 0 N–H and O–H groups in total. The van der Waals surface area contributed by atoms with Gasteiger partial charge in [0.2, 0.25) is 0 Å². The number of nitro groups is 1. The van der Waals surface area contributed by atoms with E-state index in [-0.39, 0.29) is 29.6 Å². The first kappa shape index (κ1) is 17.2. The van der Waals surface area contributed by atoms with Gasteiger partial charge < -0.3 is 19.8 Å². The van der Waals surface area contributed by atoms with Gasteiger partial charge in [0.05, 0.1) is 12.2 Å². The number of carbonyl (C=O) groups excluding carboxylic acids is 2. The van der Waals surface area contributed by atoms with E-state index in [0.29, 0.717) is 32.5 Å². The largest absolute Gasteiger partial charge is 0.447 e. The second-order valence-electron chi connectivity index (χ2n) is 6.33. The molecular weight excluding hydrogens is 330 g/mol. The Labute approximate surface area is 144 Å². The van der Waals surface area contributed by atoms with Crippen molar-refractivity contribution in [1.29, 1.82) is 0 Å². The summed E-state index contributed by atoms with van der Waals surface area (Å²) in [7, 11) is 1.44. The fraction of sp³-hybridized carbons (Fsp3) is 0.667. The number of aryl methyl sites for hydroxylation is 1. The Morgan fingerprint density at radius 3 is 2.72 bits per heavy atom. The maximum atomic E-state index is 12.6. The number of likely N-dealkylation sites (tertiary alicyclic amines) is 1. The summed E-state index contributed by atoms with van der Waals surface area (Å²) in [6.45, 7) is 3.31. The van der Waals surface area contributed by atoms with Crippen molar-refractivity contribution in [2.75, 3.05) is 19.7 Å². The zero-order chi connectivity index (χ0) is 18.1. The molecule has 2 amide bonds. The van der Waals surface area contributed by atoms with Gasteiger partial charge in [0.15, 0.2) is 5.56 Å². The second kappa shape index (κ2) is 6.69. The van der Waals surface area contributed by atoms with E-state index >= 15 is 0 Å². The van der Waals surface area contributed by atoms with Crippen LogP contribution in [0.2, 0.25) is 0 Å². The van der Waals surface area contributed by atoms with E-state index in [9.17, 15) is 19.7 Å². The van der Waals surface area contributed by atoms with Crippen LogP contribution in [0.25, 0.3) is 0 Å². The van der Waals surface area contributed by atoms with Crippen molar-refractivity contribution in [2.24, 2.45) is 7.05 Å². The number of cyclic esters (lactones) is 1. The average Bonchev–Trinajstić information content (AvgIpc) is 3.17. The summed E-state index contributed by atoms with van der Waals surface area (Å²) in [6.07, 6.45) is 3.03. The summed E-state index contributed by atoms with van der Waals surface area (Å²) in [5, 5.41) is 15.0. The number of hydrogen-bond donors (Lipinski definition) is 0. The van der Waals surface area contributed by atoms with Gasteiger partial charge in [0.25, 0.3) is 5.91 Å². The van der Waals surface area contributed by atoms with Gasteiger partial charge in [-0.3, -0.25) is 9.69 Å². The number of rotatable bonds is 4. The predicted molar refractivity (Wildman–Crippen MR) is 86.1 cm³/mol. The molecule has 2 aliphatic heterocycles. The molecule has 2 fully saturated rings. The number of carbonyl (C=O) groups is 2. The summed E-state index contributed by atoms with van der Waals surface area (Å²) in [6, 6.07) is 0.118. The molecule has 25 heavy (non-hydrogen) atoms. The lowest BCUT2D eigenvalue weighted by Crippen LogP contribution is -2.49. The predicted octanol–water partition coefficient (Wildman–Crippen LogP) is 1.16. The molecule has 10 heteroatoms. The lowest BCUT2D eigenvalue weighted by molar-refractivity contribution is -0.392. The van der Waals surface area contributed by atoms with Crippen LogP contribution >= 0.6 is 0 Å². The third-order valence-corrected chi connectivity index (χ3v) is 4.93. The normalized spacial score (nSPS) is 21.5. The molecule has 1 unspecified atom stereocenters. The highest BCUT2D eigenvalue weighted by molar-refractivity contribution is 5.97. The zero-order valence-corrected chi connectivity index (χ0v) is 14.3. The van der Waals surface area contributed by atoms with Crippen LogP contribution in [0, 0.1) is 10.1 Å². The van der Waals surface area contributed by atoms with E-state index in [4.69, 9.17) is 4.74 Å². The van der Waals surface area contributed by atoms with E-state index in [1.165, 1.54) is 13.2 Å². The molecule has 2 aliphatic rings. The van der Waals surface area contributed by atoms with Crippen LogP contribution in [0.3, 0.4) is 0 Å². The van der Waals surface area contributed by atoms with Gasteiger partial charge in [0.1, 0.15) is 13.7 Å². The van der Waals surface area contributed by atoms with Gasteiger partial charge in [-0.25, -0.2) is 4.79 Å². The third kappa shape index (κ3) is 3.03. The second-order valence-corrected chi connectivity index (χ2v) is 6.33. The first-order chi connectivity index (χ1) is 11.9. The maximum absolute atomic E-state index is 12.6. The number of aromatic nitrogens is 2. The standard InChI is InChI=1S/C15H21N5O5/c1-3-10-9-25-15(22)19(10)11-4-6-18(7-5-11)14(21)12-8-16-17(2)13(12)20(23)24/h8,10-11H,3-7,9H2,1-2H3. The van der Waals surface area contributed by atoms with Crippen LogP contribution in [0.4, 0.5) is 10.6 Å². The summed E-state index contributed by atoms with van der Waals surface area (Å²) >= 11 is 0. The number of amides is 2. The van der Waals surface area contributed by atoms with Crippen molar-refractivity contribution in [1.82, 2.24) is 19.6 Å². The Morgan fingerprint density at radius 1 is 1.44 bits per heavy atom. The first-order valence-electron chi connectivity index (χ1n) is 8.34. The molecule has 0 aliphatic carbocycles. The average molecular weight is 351 g/mol. The number of nitrogens with zero attached hydrogens (tertiary/aromatic N) is 5. The molecule has 1 aromatic rings. The molecule has 1 aromatic heterocycles. The minimum atomic E-state index is -0.598. The van der Waals surface area contributed by atoms with E-state index < -0.39 is 10.8 Å². The number of hydrogen-bond acceptors (Lipinski definition) is 6. The Balaban J connectivity index is 1.67. The Morgan fingerprint density at radius 2 is 2.12 bits per heavy atom. The highest BCUT2D eigenvalue weighted by atomic mass is 16.6. The smallest absolute Gasteiger partial charge is 0.410 e. The van der Waals surface area contributed by atoms with E-state index in [1.54, 1.807) is 9.80 Å². The molecule has 2 saturated heterocycles. The van der Waals surface area contributed by atoms with Crippen LogP contribution in [0.1, 0.15) is 36.5 Å². The molecule has 1 atom stereocenters. The van der Waals surface area contributed by atoms with Crippen LogP contribution in [0.5, 0.6) is 0 Å². The van der Waals surface area contributed by atoms with E-state index in [2.05, 4.69) is 5.10 Å². The zero-order valence-electron chi connectivity index (χ0n) is 14.3. The van der Waals surface area contributed by atoms with E-state index in [1.807, 2.05) is 6.92 Å². The minimum Gasteiger partial charge on any atom is -0.447 e. The summed E-state index contributed by atoms with van der Waals surface area (Å²) < 4.78 is 6.22. The first-order valence-corrected chi connectivity index (χ1v) is 8.34. The molecule has 3 rings (SSSR count). The summed E-state index contributed by atoms with van der Waals surface area (Å²) in [5.74, 6) is -0.699. The molecule has 0 saturated carbocycles. The lowest BCUT2D eigenvalue weighted by Gasteiger charge is -2.37. The van der Waals surface area contributed by atoms with Crippen molar-refractivity contribution >= 4 is 17.8 Å². The molecule has 10 nitrogen and oxygen atoms in total. The molecule has 136 valence electrons. The summed E-state index contributed by atoms with van der Waals surface area (Å²) in [5.41, 5.74) is -0.00188. The molecule has 0 spiro atoms. The lowest BCUT2D eigenvalue weighted by atomic mass is 10.0. The quantitative estimate of drug-likeness (QED) is 0.594. The fourth-order valence-electron chi connectivity index (χ4n) is 3.55. The Kier molecular flexibility index (Phi) is 4.60. The highest BCUT2D eigenvalue weighted by Gasteiger charge is 2.39. The summed E-state index contributed by atoms with van der Waals surface area (Å²) in [4.78, 5) is 38.5. The van der Waals surface area contributed by atoms with Crippen molar-refractivity contribution in [3.8, 4) is 0 Å². The number of piperidine rings is 1. The van der Waals surface area contributed by atoms with Crippen molar-refractivity contribution in [2.45, 2.75) is 38.3 Å². The highest BCUT2D eigenvalue weighted by Crippen LogP contribution is 2.27. The van der Waals surface area contributed by atoms with E-state index in [0.717, 1.165) is 11.1 Å². The van der Waals surface area contributed by atoms with Gasteiger partial charge in [-0.15, -0.1) is 4.68 Å². The van der Waals surface area contributed by atoms with Crippen LogP contribution in [-0.2, 0) is 11.8 Å². The van der Waals surface area contributed by atoms with Gasteiger partial charge >= 0.3 is 11.9 Å². The van der Waals surface area contributed by atoms with Crippen molar-refractivity contribution in [3.05, 3.63) is 21.9 Å². The third-order valence-electron chi connectivity index (χ3n) is 4.93. The minimum absolute atomic E-state index is 0.00188. The maximum Gasteiger partial charge on any atom is 0.410 e. The van der Waals surface area contributed by atoms with Gasteiger partial charge in [0, 0.05) is 19.1 Å². The molecule has 0 radical (unpaired) electrons. The Bertz CT molecular complexity index is 694. The van der Waals surface area contributed by atoms with Crippen LogP contribution in [-0.4, -0.2) is 68.3 Å². The molecular formula is C15H21N5O5. The van der Waals surface area contributed by atoms with Gasteiger partial charge in [-0.05, 0) is 24.2 Å². The van der Waals surface area contributed by atoms with Crippen molar-refractivity contribution < 1.29 is 19.2 Å². The molecule has 3 heterocycles. The fourth-order valence-corrected chi connectivity index (χ4v) is 3.55. The van der Waals surface area contributed by atoms with Crippen LogP contribution in [0.15, 0.2) is 6.20 Å². The molecule has 0 bridgehead atoms. The SMILES string of the molecule is CCC1COC(=O)N1C1CCN(C(=O)c2cnn(C)c2[N+](=O)[O-])CC1. The molecule has 0 aromatic carbocycles. The van der Waals surface area contributed by atoms with Crippen molar-refractivity contribution in [3.63, 3.8) is 0 Å². The topological polar surface area (TPSA) is 111 Å². The van der Waals surface area contributed by atoms with Crippen LogP contribution < -0.4 is 0 Å². The number of ether oxygens (including phenoxy) is 1. The Hall–Kier alpha value is -2.65. The van der Waals surface area contributed by atoms with Gasteiger partial charge in [-0.2, -0.15) is 0 Å².